The highest BCUT2D eigenvalue weighted by Crippen LogP contribution is 2.38. The summed E-state index contributed by atoms with van der Waals surface area (Å²) in [6, 6.07) is 5.22. The van der Waals surface area contributed by atoms with E-state index in [4.69, 9.17) is 27.9 Å². The van der Waals surface area contributed by atoms with Gasteiger partial charge in [0.1, 0.15) is 0 Å². The molecule has 0 heterocycles. The molecule has 1 aromatic carbocycles. The Balaban J connectivity index is 3.30. The average molecular weight is 275 g/mol. The van der Waals surface area contributed by atoms with Crippen LogP contribution >= 0.6 is 23.2 Å². The number of carbonyl (C=O) groups is 1. The van der Waals surface area contributed by atoms with Gasteiger partial charge >= 0.3 is 5.97 Å². The van der Waals surface area contributed by atoms with Gasteiger partial charge in [0.25, 0.3) is 0 Å². The lowest BCUT2D eigenvalue weighted by molar-refractivity contribution is -0.149. The number of hydrogen-bond acceptors (Lipinski definition) is 2. The summed E-state index contributed by atoms with van der Waals surface area (Å²) in [5.41, 5.74) is -0.157. The maximum absolute atomic E-state index is 12.1. The molecule has 0 aliphatic heterocycles. The minimum atomic E-state index is -0.800. The van der Waals surface area contributed by atoms with Crippen LogP contribution in [0.2, 0.25) is 10.0 Å². The standard InChI is InChI=1S/C13H16Cl2O2/c1-4-13(3,12(16)17-5-2)11-9(14)7-6-8-10(11)15/h6-8H,4-5H2,1-3H3. The summed E-state index contributed by atoms with van der Waals surface area (Å²) in [5, 5.41) is 0.991. The zero-order chi connectivity index (χ0) is 13.1. The normalized spacial score (nSPS) is 14.2. The molecule has 2 nitrogen and oxygen atoms in total. The smallest absolute Gasteiger partial charge is 0.316 e. The number of halogens is 2. The molecule has 0 fully saturated rings. The Morgan fingerprint density at radius 3 is 2.24 bits per heavy atom. The van der Waals surface area contributed by atoms with Crippen LogP contribution in [-0.2, 0) is 14.9 Å². The van der Waals surface area contributed by atoms with Crippen LogP contribution in [0.15, 0.2) is 18.2 Å². The first-order valence-corrected chi connectivity index (χ1v) is 6.34. The summed E-state index contributed by atoms with van der Waals surface area (Å²) in [7, 11) is 0. The molecule has 1 rings (SSSR count). The topological polar surface area (TPSA) is 26.3 Å². The fourth-order valence-electron chi connectivity index (χ4n) is 1.74. The number of esters is 1. The van der Waals surface area contributed by atoms with Gasteiger partial charge in [-0.3, -0.25) is 4.79 Å². The van der Waals surface area contributed by atoms with E-state index >= 15 is 0 Å². The molecule has 17 heavy (non-hydrogen) atoms. The zero-order valence-corrected chi connectivity index (χ0v) is 11.7. The SMILES string of the molecule is CCOC(=O)C(C)(CC)c1c(Cl)cccc1Cl. The number of hydrogen-bond donors (Lipinski definition) is 0. The Bertz CT molecular complexity index is 398. The lowest BCUT2D eigenvalue weighted by Gasteiger charge is -2.28. The third-order valence-electron chi connectivity index (χ3n) is 2.95. The van der Waals surface area contributed by atoms with Gasteiger partial charge in [0.2, 0.25) is 0 Å². The van der Waals surface area contributed by atoms with Gasteiger partial charge in [-0.15, -0.1) is 0 Å². The molecule has 0 aromatic heterocycles. The predicted octanol–water partition coefficient (Wildman–Crippen LogP) is 4.22. The lowest BCUT2D eigenvalue weighted by Crippen LogP contribution is -2.34. The first-order valence-electron chi connectivity index (χ1n) is 5.59. The first kappa shape index (κ1) is 14.3. The third kappa shape index (κ3) is 2.75. The Morgan fingerprint density at radius 2 is 1.82 bits per heavy atom. The van der Waals surface area contributed by atoms with Gasteiger partial charge in [0, 0.05) is 15.6 Å². The molecule has 0 radical (unpaired) electrons. The number of ether oxygens (including phenoxy) is 1. The summed E-state index contributed by atoms with van der Waals surface area (Å²) in [5.74, 6) is -0.294. The second-order valence-electron chi connectivity index (χ2n) is 4.00. The first-order chi connectivity index (χ1) is 7.97. The summed E-state index contributed by atoms with van der Waals surface area (Å²) in [6.45, 7) is 5.84. The molecule has 1 unspecified atom stereocenters. The molecule has 1 aromatic rings. The second kappa shape index (κ2) is 5.74. The van der Waals surface area contributed by atoms with Gasteiger partial charge in [0.05, 0.1) is 12.0 Å². The highest BCUT2D eigenvalue weighted by Gasteiger charge is 2.38. The van der Waals surface area contributed by atoms with Crippen molar-refractivity contribution in [1.82, 2.24) is 0 Å². The number of benzene rings is 1. The third-order valence-corrected chi connectivity index (χ3v) is 3.58. The molecule has 0 bridgehead atoms. The molecule has 0 saturated heterocycles. The molecular formula is C13H16Cl2O2. The zero-order valence-electron chi connectivity index (χ0n) is 10.2. The highest BCUT2D eigenvalue weighted by atomic mass is 35.5. The van der Waals surface area contributed by atoms with Gasteiger partial charge in [-0.2, -0.15) is 0 Å². The van der Waals surface area contributed by atoms with Gasteiger partial charge < -0.3 is 4.74 Å². The Labute approximate surface area is 112 Å². The van der Waals surface area contributed by atoms with Crippen LogP contribution in [0.4, 0.5) is 0 Å². The van der Waals surface area contributed by atoms with E-state index < -0.39 is 5.41 Å². The molecule has 0 amide bonds. The molecule has 0 N–H and O–H groups in total. The second-order valence-corrected chi connectivity index (χ2v) is 4.82. The maximum atomic E-state index is 12.1. The Hall–Kier alpha value is -0.730. The van der Waals surface area contributed by atoms with Crippen LogP contribution in [0.25, 0.3) is 0 Å². The van der Waals surface area contributed by atoms with E-state index in [-0.39, 0.29) is 5.97 Å². The van der Waals surface area contributed by atoms with Crippen molar-refractivity contribution in [2.24, 2.45) is 0 Å². The van der Waals surface area contributed by atoms with Crippen molar-refractivity contribution in [1.29, 1.82) is 0 Å². The monoisotopic (exact) mass is 274 g/mol. The lowest BCUT2D eigenvalue weighted by atomic mass is 9.80. The largest absolute Gasteiger partial charge is 0.465 e. The van der Waals surface area contributed by atoms with E-state index in [1.165, 1.54) is 0 Å². The fraction of sp³-hybridized carbons (Fsp3) is 0.462. The highest BCUT2D eigenvalue weighted by molar-refractivity contribution is 6.36. The van der Waals surface area contributed by atoms with Crippen LogP contribution in [0.5, 0.6) is 0 Å². The molecule has 0 aliphatic carbocycles. The van der Waals surface area contributed by atoms with Crippen LogP contribution in [0.3, 0.4) is 0 Å². The van der Waals surface area contributed by atoms with Crippen molar-refractivity contribution >= 4 is 29.2 Å². The number of carbonyl (C=O) groups excluding carboxylic acids is 1. The van der Waals surface area contributed by atoms with Gasteiger partial charge in [-0.25, -0.2) is 0 Å². The van der Waals surface area contributed by atoms with Crippen LogP contribution < -0.4 is 0 Å². The minimum Gasteiger partial charge on any atom is -0.465 e. The van der Waals surface area contributed by atoms with Crippen molar-refractivity contribution in [3.05, 3.63) is 33.8 Å². The minimum absolute atomic E-state index is 0.294. The van der Waals surface area contributed by atoms with Crippen molar-refractivity contribution in [2.45, 2.75) is 32.6 Å². The van der Waals surface area contributed by atoms with E-state index in [0.717, 1.165) is 0 Å². The van der Waals surface area contributed by atoms with E-state index in [1.807, 2.05) is 6.92 Å². The molecule has 1 atom stereocenters. The van der Waals surface area contributed by atoms with Gasteiger partial charge in [-0.05, 0) is 32.4 Å². The van der Waals surface area contributed by atoms with Crippen molar-refractivity contribution in [2.75, 3.05) is 6.61 Å². The van der Waals surface area contributed by atoms with Crippen LogP contribution in [0.1, 0.15) is 32.8 Å². The Morgan fingerprint density at radius 1 is 1.29 bits per heavy atom. The molecule has 0 aliphatic rings. The number of rotatable bonds is 4. The van der Waals surface area contributed by atoms with Crippen molar-refractivity contribution in [3.8, 4) is 0 Å². The molecule has 94 valence electrons. The van der Waals surface area contributed by atoms with Crippen LogP contribution in [-0.4, -0.2) is 12.6 Å². The van der Waals surface area contributed by atoms with Gasteiger partial charge in [0.15, 0.2) is 0 Å². The fourth-order valence-corrected chi connectivity index (χ4v) is 2.55. The van der Waals surface area contributed by atoms with Crippen molar-refractivity contribution in [3.63, 3.8) is 0 Å². The average Bonchev–Trinajstić information content (AvgIpc) is 2.28. The van der Waals surface area contributed by atoms with E-state index in [2.05, 4.69) is 0 Å². The van der Waals surface area contributed by atoms with E-state index in [9.17, 15) is 4.79 Å². The molecular weight excluding hydrogens is 259 g/mol. The van der Waals surface area contributed by atoms with Crippen LogP contribution in [0, 0.1) is 0 Å². The Kier molecular flexibility index (Phi) is 4.84. The molecule has 0 spiro atoms. The summed E-state index contributed by atoms with van der Waals surface area (Å²) in [6.07, 6.45) is 0.579. The van der Waals surface area contributed by atoms with E-state index in [0.29, 0.717) is 28.6 Å². The maximum Gasteiger partial charge on any atom is 0.316 e. The molecule has 4 heteroatoms. The van der Waals surface area contributed by atoms with Crippen molar-refractivity contribution < 1.29 is 9.53 Å². The molecule has 0 saturated carbocycles. The summed E-state index contributed by atoms with van der Waals surface area (Å²) < 4.78 is 5.11. The summed E-state index contributed by atoms with van der Waals surface area (Å²) >= 11 is 12.3. The quantitative estimate of drug-likeness (QED) is 0.769. The van der Waals surface area contributed by atoms with E-state index in [1.54, 1.807) is 32.0 Å². The summed E-state index contributed by atoms with van der Waals surface area (Å²) in [4.78, 5) is 12.1. The predicted molar refractivity (Wildman–Crippen MR) is 70.7 cm³/mol. The van der Waals surface area contributed by atoms with Gasteiger partial charge in [-0.1, -0.05) is 36.2 Å².